The number of rotatable bonds is 41. The topological polar surface area (TPSA) is 151 Å². The Kier molecular flexibility index (Phi) is 39.4. The number of hydrogen-bond acceptors (Lipinski definition) is 7. The molecule has 0 heterocycles. The summed E-state index contributed by atoms with van der Waals surface area (Å²) in [6.07, 6.45) is 46.2. The number of aliphatic hydroxyl groups excluding tert-OH is 2. The highest BCUT2D eigenvalue weighted by Gasteiger charge is 2.27. The van der Waals surface area contributed by atoms with Crippen molar-refractivity contribution in [3.05, 3.63) is 48.6 Å². The number of phosphoric acid groups is 1. The predicted molar refractivity (Wildman–Crippen MR) is 232 cm³/mol. The van der Waals surface area contributed by atoms with Gasteiger partial charge in [-0.15, -0.1) is 0 Å². The zero-order valence-electron chi connectivity index (χ0n) is 35.3. The maximum Gasteiger partial charge on any atom is 0.472 e. The van der Waals surface area contributed by atoms with E-state index in [1.807, 2.05) is 6.08 Å². The number of nitrogens with one attached hydrogen (secondary N) is 1. The fraction of sp³-hybridized carbons (Fsp3) is 0.800. The second-order valence-corrected chi connectivity index (χ2v) is 16.6. The van der Waals surface area contributed by atoms with Crippen molar-refractivity contribution in [1.82, 2.24) is 5.32 Å². The van der Waals surface area contributed by atoms with Crippen LogP contribution in [0.25, 0.3) is 0 Å². The Bertz CT molecular complexity index is 1020. The van der Waals surface area contributed by atoms with Crippen LogP contribution in [0.2, 0.25) is 0 Å². The summed E-state index contributed by atoms with van der Waals surface area (Å²) in [6, 6.07) is -1.00. The van der Waals surface area contributed by atoms with Crippen molar-refractivity contribution in [2.75, 3.05) is 19.8 Å². The van der Waals surface area contributed by atoms with E-state index in [1.54, 1.807) is 6.08 Å². The number of aliphatic hydroxyl groups is 2. The van der Waals surface area contributed by atoms with Gasteiger partial charge < -0.3 is 26.2 Å². The number of phosphoric ester groups is 1. The average Bonchev–Trinajstić information content (AvgIpc) is 3.16. The molecule has 0 aromatic heterocycles. The molecule has 0 bridgehead atoms. The first-order valence-corrected chi connectivity index (χ1v) is 23.9. The van der Waals surface area contributed by atoms with Crippen molar-refractivity contribution in [1.29, 1.82) is 0 Å². The fourth-order valence-electron chi connectivity index (χ4n) is 6.30. The molecule has 322 valence electrons. The number of unbranched alkanes of at least 4 members (excludes halogenated alkanes) is 22. The summed E-state index contributed by atoms with van der Waals surface area (Å²) in [6.45, 7) is 3.91. The lowest BCUT2D eigenvalue weighted by molar-refractivity contribution is -0.124. The van der Waals surface area contributed by atoms with Gasteiger partial charge in [-0.25, -0.2) is 4.57 Å². The van der Waals surface area contributed by atoms with E-state index in [0.29, 0.717) is 12.8 Å². The standard InChI is InChI=1S/C45H85N2O7P/c1-3-5-7-9-11-13-15-17-19-21-22-24-26-28-30-32-34-36-42(48)40-45(50)47-43(41-54-55(51,52)53-39-38-46)44(49)37-35-33-31-29-27-25-23-20-18-16-14-12-10-8-6-4-2/h11,13,15,17,27,29,35,37,42-44,48-49H,3-10,12,14,16,18-26,28,30-34,36,38-41,46H2,1-2H3,(H,47,50)(H,51,52)/b13-11-,17-15-,29-27+,37-35+. The first-order chi connectivity index (χ1) is 26.8. The largest absolute Gasteiger partial charge is 0.472 e. The van der Waals surface area contributed by atoms with Crippen LogP contribution < -0.4 is 11.1 Å². The molecule has 0 saturated carbocycles. The van der Waals surface area contributed by atoms with Gasteiger partial charge in [0.25, 0.3) is 0 Å². The van der Waals surface area contributed by atoms with Gasteiger partial charge in [0.2, 0.25) is 5.91 Å². The van der Waals surface area contributed by atoms with E-state index in [9.17, 15) is 24.5 Å². The minimum Gasteiger partial charge on any atom is -0.393 e. The highest BCUT2D eigenvalue weighted by atomic mass is 31.2. The molecule has 1 amide bonds. The normalized spacial score (nSPS) is 15.1. The van der Waals surface area contributed by atoms with Gasteiger partial charge in [0.1, 0.15) is 0 Å². The molecule has 0 fully saturated rings. The zero-order valence-corrected chi connectivity index (χ0v) is 36.2. The van der Waals surface area contributed by atoms with Crippen molar-refractivity contribution in [2.45, 2.75) is 212 Å². The summed E-state index contributed by atoms with van der Waals surface area (Å²) in [5, 5.41) is 24.0. The highest BCUT2D eigenvalue weighted by Crippen LogP contribution is 2.43. The lowest BCUT2D eigenvalue weighted by Gasteiger charge is -2.24. The molecule has 6 N–H and O–H groups in total. The van der Waals surface area contributed by atoms with Crippen molar-refractivity contribution in [2.24, 2.45) is 5.73 Å². The molecule has 55 heavy (non-hydrogen) atoms. The molecule has 10 heteroatoms. The van der Waals surface area contributed by atoms with E-state index >= 15 is 0 Å². The van der Waals surface area contributed by atoms with Crippen LogP contribution in [-0.2, 0) is 18.4 Å². The summed E-state index contributed by atoms with van der Waals surface area (Å²) in [5.74, 6) is -0.461. The predicted octanol–water partition coefficient (Wildman–Crippen LogP) is 11.5. The van der Waals surface area contributed by atoms with Gasteiger partial charge in [-0.1, -0.05) is 178 Å². The van der Waals surface area contributed by atoms with Gasteiger partial charge in [0, 0.05) is 6.54 Å². The molecule has 0 aromatic rings. The van der Waals surface area contributed by atoms with Gasteiger partial charge in [-0.2, -0.15) is 0 Å². The first kappa shape index (κ1) is 53.4. The van der Waals surface area contributed by atoms with E-state index in [4.69, 9.17) is 14.8 Å². The van der Waals surface area contributed by atoms with Gasteiger partial charge in [-0.3, -0.25) is 13.8 Å². The van der Waals surface area contributed by atoms with Crippen LogP contribution in [0.15, 0.2) is 48.6 Å². The Morgan fingerprint density at radius 2 is 1.09 bits per heavy atom. The zero-order chi connectivity index (χ0) is 40.5. The van der Waals surface area contributed by atoms with Crippen molar-refractivity contribution in [3.63, 3.8) is 0 Å². The van der Waals surface area contributed by atoms with Gasteiger partial charge >= 0.3 is 7.82 Å². The van der Waals surface area contributed by atoms with Gasteiger partial charge in [0.05, 0.1) is 37.9 Å². The Morgan fingerprint density at radius 3 is 1.65 bits per heavy atom. The highest BCUT2D eigenvalue weighted by molar-refractivity contribution is 7.47. The molecule has 0 rings (SSSR count). The van der Waals surface area contributed by atoms with E-state index in [-0.39, 0.29) is 19.6 Å². The van der Waals surface area contributed by atoms with Crippen LogP contribution in [-0.4, -0.2) is 59.0 Å². The molecule has 9 nitrogen and oxygen atoms in total. The van der Waals surface area contributed by atoms with E-state index in [2.05, 4.69) is 55.6 Å². The average molecular weight is 797 g/mol. The third-order valence-electron chi connectivity index (χ3n) is 9.71. The number of nitrogens with two attached hydrogens (primary N) is 1. The maximum absolute atomic E-state index is 12.8. The molecule has 0 aliphatic carbocycles. The molecule has 0 aliphatic heterocycles. The summed E-state index contributed by atoms with van der Waals surface area (Å²) >= 11 is 0. The van der Waals surface area contributed by atoms with E-state index in [0.717, 1.165) is 38.5 Å². The van der Waals surface area contributed by atoms with Crippen LogP contribution in [0.3, 0.4) is 0 Å². The van der Waals surface area contributed by atoms with Crippen LogP contribution in [0.5, 0.6) is 0 Å². The third-order valence-corrected chi connectivity index (χ3v) is 10.7. The summed E-state index contributed by atoms with van der Waals surface area (Å²) < 4.78 is 22.1. The second kappa shape index (κ2) is 40.6. The Morgan fingerprint density at radius 1 is 0.636 bits per heavy atom. The molecule has 0 spiro atoms. The Labute approximate surface area is 337 Å². The van der Waals surface area contributed by atoms with Crippen molar-refractivity contribution >= 4 is 13.7 Å². The lowest BCUT2D eigenvalue weighted by atomic mass is 10.0. The van der Waals surface area contributed by atoms with Crippen LogP contribution >= 0.6 is 7.82 Å². The maximum atomic E-state index is 12.8. The molecule has 4 atom stereocenters. The second-order valence-electron chi connectivity index (χ2n) is 15.1. The van der Waals surface area contributed by atoms with Crippen LogP contribution in [0.1, 0.15) is 194 Å². The summed E-state index contributed by atoms with van der Waals surface area (Å²) in [4.78, 5) is 22.8. The SMILES string of the molecule is CCCCC/C=C\C=C/CCCCCCCCCCC(O)CC(=O)NC(COP(=O)(O)OCCN)C(O)/C=C/CC/C=C/CCCCCCCCCCCC. The van der Waals surface area contributed by atoms with Gasteiger partial charge in [0.15, 0.2) is 0 Å². The number of amides is 1. The van der Waals surface area contributed by atoms with Crippen molar-refractivity contribution < 1.29 is 33.5 Å². The monoisotopic (exact) mass is 797 g/mol. The van der Waals surface area contributed by atoms with Crippen LogP contribution in [0.4, 0.5) is 0 Å². The molecule has 0 radical (unpaired) electrons. The van der Waals surface area contributed by atoms with Crippen LogP contribution in [0, 0.1) is 0 Å². The Balaban J connectivity index is 4.36. The molecular weight excluding hydrogens is 711 g/mol. The molecule has 0 aromatic carbocycles. The van der Waals surface area contributed by atoms with Crippen molar-refractivity contribution in [3.8, 4) is 0 Å². The lowest BCUT2D eigenvalue weighted by Crippen LogP contribution is -2.46. The van der Waals surface area contributed by atoms with E-state index in [1.165, 1.54) is 122 Å². The van der Waals surface area contributed by atoms with E-state index < -0.39 is 38.6 Å². The fourth-order valence-corrected chi connectivity index (χ4v) is 7.06. The Hall–Kier alpha value is -1.58. The minimum atomic E-state index is -4.41. The molecule has 0 aliphatic rings. The summed E-state index contributed by atoms with van der Waals surface area (Å²) in [7, 11) is -4.41. The number of allylic oxidation sites excluding steroid dienone is 7. The molecule has 4 unspecified atom stereocenters. The minimum absolute atomic E-state index is 0.0425. The summed E-state index contributed by atoms with van der Waals surface area (Å²) in [5.41, 5.74) is 5.36. The first-order valence-electron chi connectivity index (χ1n) is 22.4. The molecular formula is C45H85N2O7P. The third kappa shape index (κ3) is 39.0. The number of carbonyl (C=O) groups excluding carboxylic acids is 1. The number of carbonyl (C=O) groups is 1. The smallest absolute Gasteiger partial charge is 0.393 e. The van der Waals surface area contributed by atoms with Gasteiger partial charge in [-0.05, 0) is 57.8 Å². The number of hydrogen-bond donors (Lipinski definition) is 5. The quantitative estimate of drug-likeness (QED) is 0.0177. The molecule has 0 saturated heterocycles.